The van der Waals surface area contributed by atoms with E-state index in [0.717, 1.165) is 22.8 Å². The highest BCUT2D eigenvalue weighted by atomic mass is 16.5. The first-order valence-electron chi connectivity index (χ1n) is 10.2. The van der Waals surface area contributed by atoms with Crippen LogP contribution in [-0.4, -0.2) is 7.11 Å². The molecular weight excluding hydrogens is 354 g/mol. The van der Waals surface area contributed by atoms with Crippen molar-refractivity contribution in [3.8, 4) is 5.75 Å². The van der Waals surface area contributed by atoms with Crippen molar-refractivity contribution < 1.29 is 4.74 Å². The first-order valence-corrected chi connectivity index (χ1v) is 10.2. The Balaban J connectivity index is 2.21. The number of anilines is 3. The topological polar surface area (TPSA) is 12.5 Å². The summed E-state index contributed by atoms with van der Waals surface area (Å²) in [7, 11) is 1.71. The van der Waals surface area contributed by atoms with Gasteiger partial charge >= 0.3 is 0 Å². The zero-order chi connectivity index (χ0) is 21.2. The van der Waals surface area contributed by atoms with Crippen molar-refractivity contribution in [3.63, 3.8) is 0 Å². The lowest BCUT2D eigenvalue weighted by atomic mass is 9.86. The van der Waals surface area contributed by atoms with Crippen LogP contribution in [0.5, 0.6) is 5.75 Å². The van der Waals surface area contributed by atoms with Crippen LogP contribution in [0.2, 0.25) is 0 Å². The number of methoxy groups -OCH3 is 1. The molecule has 3 rings (SSSR count). The molecule has 0 bridgehead atoms. The number of hydrogen-bond acceptors (Lipinski definition) is 2. The Morgan fingerprint density at radius 1 is 0.586 bits per heavy atom. The summed E-state index contributed by atoms with van der Waals surface area (Å²) in [5.74, 6) is 0.853. The second kappa shape index (κ2) is 7.94. The molecule has 0 spiro atoms. The van der Waals surface area contributed by atoms with Crippen LogP contribution in [0.25, 0.3) is 0 Å². The molecule has 29 heavy (non-hydrogen) atoms. The molecule has 0 aliphatic heterocycles. The molecule has 0 fully saturated rings. The first kappa shape index (κ1) is 21.0. The van der Waals surface area contributed by atoms with Gasteiger partial charge in [-0.25, -0.2) is 0 Å². The second-order valence-electron chi connectivity index (χ2n) is 9.64. The zero-order valence-corrected chi connectivity index (χ0v) is 18.8. The van der Waals surface area contributed by atoms with E-state index >= 15 is 0 Å². The van der Waals surface area contributed by atoms with Crippen LogP contribution < -0.4 is 9.64 Å². The van der Waals surface area contributed by atoms with Crippen molar-refractivity contribution in [3.05, 3.63) is 83.9 Å². The van der Waals surface area contributed by atoms with Gasteiger partial charge in [0.15, 0.2) is 0 Å². The highest BCUT2D eigenvalue weighted by Gasteiger charge is 2.20. The van der Waals surface area contributed by atoms with Crippen molar-refractivity contribution in [2.24, 2.45) is 0 Å². The molecule has 3 aromatic carbocycles. The molecule has 0 aliphatic carbocycles. The van der Waals surface area contributed by atoms with Crippen molar-refractivity contribution in [2.75, 3.05) is 12.0 Å². The van der Waals surface area contributed by atoms with Crippen LogP contribution in [0.15, 0.2) is 72.8 Å². The standard InChI is InChI=1S/C27H33NO/c1-26(2,3)20-11-8-13-22(17-20)28(24-15-10-16-25(19-24)29-7)23-14-9-12-21(18-23)27(4,5)6/h8-19H,1-7H3. The second-order valence-corrected chi connectivity index (χ2v) is 9.64. The summed E-state index contributed by atoms with van der Waals surface area (Å²) in [5, 5.41) is 0. The van der Waals surface area contributed by atoms with Gasteiger partial charge in [-0.15, -0.1) is 0 Å². The molecule has 0 heterocycles. The predicted molar refractivity (Wildman–Crippen MR) is 125 cm³/mol. The number of ether oxygens (including phenoxy) is 1. The van der Waals surface area contributed by atoms with E-state index in [9.17, 15) is 0 Å². The monoisotopic (exact) mass is 387 g/mol. The van der Waals surface area contributed by atoms with Gasteiger partial charge in [-0.05, 0) is 58.4 Å². The maximum atomic E-state index is 5.51. The lowest BCUT2D eigenvalue weighted by Gasteiger charge is -2.29. The summed E-state index contributed by atoms with van der Waals surface area (Å²) in [4.78, 5) is 2.31. The lowest BCUT2D eigenvalue weighted by molar-refractivity contribution is 0.415. The molecular formula is C27H33NO. The fraction of sp³-hybridized carbons (Fsp3) is 0.333. The molecule has 0 aromatic heterocycles. The molecule has 0 N–H and O–H groups in total. The van der Waals surface area contributed by atoms with Crippen LogP contribution in [0.1, 0.15) is 52.7 Å². The predicted octanol–water partition coefficient (Wildman–Crippen LogP) is 7.76. The molecule has 3 aromatic rings. The summed E-state index contributed by atoms with van der Waals surface area (Å²) in [6, 6.07) is 25.9. The summed E-state index contributed by atoms with van der Waals surface area (Å²) in [5.41, 5.74) is 6.19. The van der Waals surface area contributed by atoms with E-state index in [-0.39, 0.29) is 10.8 Å². The minimum absolute atomic E-state index is 0.0866. The van der Waals surface area contributed by atoms with Gasteiger partial charge in [-0.1, -0.05) is 71.9 Å². The molecule has 0 saturated carbocycles. The highest BCUT2D eigenvalue weighted by molar-refractivity contribution is 5.78. The SMILES string of the molecule is COc1cccc(N(c2cccc(C(C)(C)C)c2)c2cccc(C(C)(C)C)c2)c1. The zero-order valence-electron chi connectivity index (χ0n) is 18.8. The summed E-state index contributed by atoms with van der Waals surface area (Å²) < 4.78 is 5.51. The lowest BCUT2D eigenvalue weighted by Crippen LogP contribution is -2.16. The van der Waals surface area contributed by atoms with Crippen molar-refractivity contribution >= 4 is 17.1 Å². The van der Waals surface area contributed by atoms with Crippen molar-refractivity contribution in [2.45, 2.75) is 52.4 Å². The van der Waals surface area contributed by atoms with E-state index in [1.807, 2.05) is 12.1 Å². The van der Waals surface area contributed by atoms with Gasteiger partial charge in [0.1, 0.15) is 5.75 Å². The average molecular weight is 388 g/mol. The number of benzene rings is 3. The Bertz CT molecular complexity index is 919. The van der Waals surface area contributed by atoms with Gasteiger partial charge in [0.05, 0.1) is 7.11 Å². The largest absolute Gasteiger partial charge is 0.497 e. The third kappa shape index (κ3) is 4.82. The third-order valence-corrected chi connectivity index (χ3v) is 5.25. The summed E-state index contributed by atoms with van der Waals surface area (Å²) in [6.45, 7) is 13.5. The van der Waals surface area contributed by atoms with Crippen molar-refractivity contribution in [1.82, 2.24) is 0 Å². The van der Waals surface area contributed by atoms with E-state index in [1.54, 1.807) is 7.11 Å². The molecule has 0 atom stereocenters. The number of nitrogens with zero attached hydrogens (tertiary/aromatic N) is 1. The molecule has 0 radical (unpaired) electrons. The maximum absolute atomic E-state index is 5.51. The molecule has 0 amide bonds. The summed E-state index contributed by atoms with van der Waals surface area (Å²) >= 11 is 0. The Kier molecular flexibility index (Phi) is 5.75. The van der Waals surface area contributed by atoms with Crippen LogP contribution >= 0.6 is 0 Å². The smallest absolute Gasteiger partial charge is 0.120 e. The van der Waals surface area contributed by atoms with E-state index in [2.05, 4.69) is 107 Å². The highest BCUT2D eigenvalue weighted by Crippen LogP contribution is 2.39. The van der Waals surface area contributed by atoms with Gasteiger partial charge in [0.2, 0.25) is 0 Å². The van der Waals surface area contributed by atoms with Gasteiger partial charge in [-0.3, -0.25) is 0 Å². The maximum Gasteiger partial charge on any atom is 0.120 e. The van der Waals surface area contributed by atoms with Gasteiger partial charge < -0.3 is 9.64 Å². The third-order valence-electron chi connectivity index (χ3n) is 5.25. The molecule has 0 unspecified atom stereocenters. The Morgan fingerprint density at radius 2 is 1.00 bits per heavy atom. The molecule has 152 valence electrons. The molecule has 0 saturated heterocycles. The first-order chi connectivity index (χ1) is 13.6. The Hall–Kier alpha value is -2.74. The van der Waals surface area contributed by atoms with E-state index < -0.39 is 0 Å². The van der Waals surface area contributed by atoms with Gasteiger partial charge in [0, 0.05) is 23.1 Å². The van der Waals surface area contributed by atoms with Crippen LogP contribution in [0, 0.1) is 0 Å². The average Bonchev–Trinajstić information content (AvgIpc) is 2.68. The molecule has 2 heteroatoms. The quantitative estimate of drug-likeness (QED) is 0.453. The number of rotatable bonds is 4. The number of hydrogen-bond donors (Lipinski definition) is 0. The minimum atomic E-state index is 0.0866. The van der Waals surface area contributed by atoms with Crippen LogP contribution in [0.4, 0.5) is 17.1 Å². The van der Waals surface area contributed by atoms with E-state index in [4.69, 9.17) is 4.74 Å². The van der Waals surface area contributed by atoms with E-state index in [0.29, 0.717) is 0 Å². The molecule has 0 aliphatic rings. The fourth-order valence-corrected chi connectivity index (χ4v) is 3.42. The van der Waals surface area contributed by atoms with Gasteiger partial charge in [-0.2, -0.15) is 0 Å². The minimum Gasteiger partial charge on any atom is -0.497 e. The van der Waals surface area contributed by atoms with E-state index in [1.165, 1.54) is 11.1 Å². The Labute approximate surface area is 176 Å². The summed E-state index contributed by atoms with van der Waals surface area (Å²) in [6.07, 6.45) is 0. The van der Waals surface area contributed by atoms with Crippen LogP contribution in [0.3, 0.4) is 0 Å². The fourth-order valence-electron chi connectivity index (χ4n) is 3.42. The van der Waals surface area contributed by atoms with Crippen molar-refractivity contribution in [1.29, 1.82) is 0 Å². The van der Waals surface area contributed by atoms with Crippen LogP contribution in [-0.2, 0) is 10.8 Å². The Morgan fingerprint density at radius 3 is 1.41 bits per heavy atom. The molecule has 2 nitrogen and oxygen atoms in total. The normalized spacial score (nSPS) is 12.0. The van der Waals surface area contributed by atoms with Gasteiger partial charge in [0.25, 0.3) is 0 Å².